The lowest BCUT2D eigenvalue weighted by atomic mass is 10.1. The first-order valence-electron chi connectivity index (χ1n) is 9.23. The van der Waals surface area contributed by atoms with Crippen LogP contribution < -0.4 is 4.74 Å². The molecule has 0 unspecified atom stereocenters. The van der Waals surface area contributed by atoms with Crippen molar-refractivity contribution in [3.63, 3.8) is 0 Å². The summed E-state index contributed by atoms with van der Waals surface area (Å²) in [7, 11) is -3.49. The summed E-state index contributed by atoms with van der Waals surface area (Å²) in [5.41, 5.74) is 0. The zero-order chi connectivity index (χ0) is 19.6. The lowest BCUT2D eigenvalue weighted by molar-refractivity contribution is 0.181. The highest BCUT2D eigenvalue weighted by molar-refractivity contribution is 7.89. The maximum absolute atomic E-state index is 13.0. The molecule has 1 saturated heterocycles. The van der Waals surface area contributed by atoms with Gasteiger partial charge in [0.25, 0.3) is 5.19 Å². The molecule has 4 rings (SSSR count). The molecule has 7 nitrogen and oxygen atoms in total. The Morgan fingerprint density at radius 1 is 1.04 bits per heavy atom. The molecule has 2 aromatic carbocycles. The fraction of sp³-hybridized carbons (Fsp3) is 0.368. The molecule has 0 N–H and O–H groups in total. The Bertz CT molecular complexity index is 1060. The van der Waals surface area contributed by atoms with Gasteiger partial charge in [-0.05, 0) is 29.8 Å². The molecule has 9 heteroatoms. The van der Waals surface area contributed by atoms with Crippen molar-refractivity contribution in [2.75, 3.05) is 32.8 Å². The van der Waals surface area contributed by atoms with Crippen LogP contribution in [0.25, 0.3) is 10.8 Å². The van der Waals surface area contributed by atoms with Gasteiger partial charge in [0.05, 0.1) is 18.0 Å². The molecule has 2 heterocycles. The van der Waals surface area contributed by atoms with Gasteiger partial charge in [-0.1, -0.05) is 41.7 Å². The van der Waals surface area contributed by atoms with Crippen LogP contribution in [-0.2, 0) is 16.6 Å². The smallest absolute Gasteiger partial charge is 0.294 e. The molecule has 0 saturated carbocycles. The Kier molecular flexibility index (Phi) is 5.58. The quantitative estimate of drug-likeness (QED) is 0.613. The summed E-state index contributed by atoms with van der Waals surface area (Å²) in [4.78, 5) is 2.55. The molecular formula is C19H22N4O3S2. The number of aromatic nitrogens is 2. The third-order valence-electron chi connectivity index (χ3n) is 4.76. The summed E-state index contributed by atoms with van der Waals surface area (Å²) >= 11 is 1.44. The number of piperazine rings is 1. The molecular weight excluding hydrogens is 396 g/mol. The van der Waals surface area contributed by atoms with Crippen molar-refractivity contribution in [1.82, 2.24) is 19.4 Å². The second-order valence-corrected chi connectivity index (χ2v) is 9.55. The van der Waals surface area contributed by atoms with E-state index in [-0.39, 0.29) is 0 Å². The van der Waals surface area contributed by atoms with Gasteiger partial charge >= 0.3 is 0 Å². The topological polar surface area (TPSA) is 75.6 Å². The molecule has 1 aliphatic heterocycles. The van der Waals surface area contributed by atoms with Crippen molar-refractivity contribution in [1.29, 1.82) is 0 Å². The Balaban J connectivity index is 1.41. The first kappa shape index (κ1) is 19.3. The molecule has 0 atom stereocenters. The second kappa shape index (κ2) is 8.12. The van der Waals surface area contributed by atoms with E-state index in [1.165, 1.54) is 11.3 Å². The fourth-order valence-corrected chi connectivity index (χ4v) is 5.53. The normalized spacial score (nSPS) is 16.5. The monoisotopic (exact) mass is 418 g/mol. The lowest BCUT2D eigenvalue weighted by Gasteiger charge is -2.33. The maximum Gasteiger partial charge on any atom is 0.294 e. The van der Waals surface area contributed by atoms with Gasteiger partial charge in [-0.15, -0.1) is 10.2 Å². The maximum atomic E-state index is 13.0. The van der Waals surface area contributed by atoms with Crippen LogP contribution in [0.4, 0.5) is 0 Å². The van der Waals surface area contributed by atoms with Crippen molar-refractivity contribution in [2.45, 2.75) is 18.4 Å². The minimum atomic E-state index is -3.49. The molecule has 0 bridgehead atoms. The minimum absolute atomic E-state index is 0.352. The van der Waals surface area contributed by atoms with Crippen LogP contribution in [0.15, 0.2) is 47.4 Å². The van der Waals surface area contributed by atoms with Gasteiger partial charge in [-0.25, -0.2) is 8.42 Å². The molecule has 0 aliphatic carbocycles. The SMILES string of the molecule is CCOc1nnc(CN2CCN(S(=O)(=O)c3ccc4ccccc4c3)CC2)s1. The van der Waals surface area contributed by atoms with Crippen LogP contribution in [0.3, 0.4) is 0 Å². The number of ether oxygens (including phenoxy) is 1. The highest BCUT2D eigenvalue weighted by Crippen LogP contribution is 2.24. The van der Waals surface area contributed by atoms with Gasteiger partial charge in [-0.3, -0.25) is 4.90 Å². The van der Waals surface area contributed by atoms with Crippen LogP contribution in [0.1, 0.15) is 11.9 Å². The van der Waals surface area contributed by atoms with E-state index in [1.54, 1.807) is 16.4 Å². The number of hydrogen-bond donors (Lipinski definition) is 0. The van der Waals surface area contributed by atoms with Crippen LogP contribution in [-0.4, -0.2) is 60.6 Å². The summed E-state index contributed by atoms with van der Waals surface area (Å²) in [5, 5.41) is 11.6. The predicted octanol–water partition coefficient (Wildman–Crippen LogP) is 2.60. The molecule has 0 amide bonds. The van der Waals surface area contributed by atoms with Gasteiger partial charge in [-0.2, -0.15) is 4.31 Å². The molecule has 28 heavy (non-hydrogen) atoms. The zero-order valence-electron chi connectivity index (χ0n) is 15.6. The summed E-state index contributed by atoms with van der Waals surface area (Å²) in [6.45, 7) is 5.40. The highest BCUT2D eigenvalue weighted by atomic mass is 32.2. The molecule has 148 valence electrons. The molecule has 3 aromatic rings. The van der Waals surface area contributed by atoms with Crippen molar-refractivity contribution >= 4 is 32.1 Å². The summed E-state index contributed by atoms with van der Waals surface area (Å²) < 4.78 is 33.0. The van der Waals surface area contributed by atoms with Crippen LogP contribution in [0.5, 0.6) is 5.19 Å². The second-order valence-electron chi connectivity index (χ2n) is 6.58. The van der Waals surface area contributed by atoms with Gasteiger partial charge < -0.3 is 4.74 Å². The number of fused-ring (bicyclic) bond motifs is 1. The minimum Gasteiger partial charge on any atom is -0.469 e. The van der Waals surface area contributed by atoms with Gasteiger partial charge in [0.2, 0.25) is 10.0 Å². The van der Waals surface area contributed by atoms with Gasteiger partial charge in [0.15, 0.2) is 0 Å². The number of benzene rings is 2. The summed E-state index contributed by atoms with van der Waals surface area (Å²) in [6.07, 6.45) is 0. The number of rotatable bonds is 6. The third-order valence-corrected chi connectivity index (χ3v) is 7.48. The average Bonchev–Trinajstić information content (AvgIpc) is 3.15. The molecule has 1 aromatic heterocycles. The van der Waals surface area contributed by atoms with Gasteiger partial charge in [0.1, 0.15) is 5.01 Å². The third kappa shape index (κ3) is 4.02. The Hall–Kier alpha value is -2.07. The van der Waals surface area contributed by atoms with Crippen molar-refractivity contribution < 1.29 is 13.2 Å². The van der Waals surface area contributed by atoms with E-state index in [9.17, 15) is 8.42 Å². The largest absolute Gasteiger partial charge is 0.469 e. The van der Waals surface area contributed by atoms with E-state index < -0.39 is 10.0 Å². The molecule has 1 fully saturated rings. The number of sulfonamides is 1. The molecule has 0 radical (unpaired) electrons. The lowest BCUT2D eigenvalue weighted by Crippen LogP contribution is -2.48. The summed E-state index contributed by atoms with van der Waals surface area (Å²) in [6, 6.07) is 13.1. The van der Waals surface area contributed by atoms with E-state index in [4.69, 9.17) is 4.74 Å². The molecule has 0 spiro atoms. The van der Waals surface area contributed by atoms with Crippen molar-refractivity contribution in [2.24, 2.45) is 0 Å². The standard InChI is InChI=1S/C19H22N4O3S2/c1-2-26-19-21-20-18(27-19)14-22-9-11-23(12-10-22)28(24,25)17-8-7-15-5-3-4-6-16(15)13-17/h3-8,13H,2,9-12,14H2,1H3. The van der Waals surface area contributed by atoms with Crippen LogP contribution in [0, 0.1) is 0 Å². The van der Waals surface area contributed by atoms with Crippen LogP contribution >= 0.6 is 11.3 Å². The van der Waals surface area contributed by atoms with Crippen molar-refractivity contribution in [3.8, 4) is 5.19 Å². The Morgan fingerprint density at radius 3 is 2.54 bits per heavy atom. The zero-order valence-corrected chi connectivity index (χ0v) is 17.2. The van der Waals surface area contributed by atoms with Crippen molar-refractivity contribution in [3.05, 3.63) is 47.5 Å². The number of hydrogen-bond acceptors (Lipinski definition) is 7. The predicted molar refractivity (Wildman–Crippen MR) is 109 cm³/mol. The van der Waals surface area contributed by atoms with E-state index in [1.807, 2.05) is 37.3 Å². The first-order valence-corrected chi connectivity index (χ1v) is 11.5. The Labute approximate surface area is 168 Å². The van der Waals surface area contributed by atoms with E-state index in [0.29, 0.717) is 49.4 Å². The number of nitrogens with zero attached hydrogens (tertiary/aromatic N) is 4. The van der Waals surface area contributed by atoms with E-state index in [0.717, 1.165) is 15.8 Å². The average molecular weight is 419 g/mol. The van der Waals surface area contributed by atoms with E-state index in [2.05, 4.69) is 15.1 Å². The molecule has 1 aliphatic rings. The fourth-order valence-electron chi connectivity index (χ4n) is 3.28. The van der Waals surface area contributed by atoms with Gasteiger partial charge in [0, 0.05) is 26.2 Å². The first-order chi connectivity index (χ1) is 13.6. The highest BCUT2D eigenvalue weighted by Gasteiger charge is 2.29. The summed E-state index contributed by atoms with van der Waals surface area (Å²) in [5.74, 6) is 0. The van der Waals surface area contributed by atoms with Crippen LogP contribution in [0.2, 0.25) is 0 Å². The van der Waals surface area contributed by atoms with E-state index >= 15 is 0 Å². The Morgan fingerprint density at radius 2 is 1.79 bits per heavy atom.